The molecule has 1 aromatic rings. The first-order chi connectivity index (χ1) is 9.27. The van der Waals surface area contributed by atoms with Crippen LogP contribution >= 0.6 is 0 Å². The summed E-state index contributed by atoms with van der Waals surface area (Å²) in [5.74, 6) is -1.52. The maximum atomic E-state index is 12.2. The minimum Gasteiger partial charge on any atom is -0.480 e. The number of methoxy groups -OCH3 is 1. The minimum atomic E-state index is -1.06. The van der Waals surface area contributed by atoms with E-state index in [0.717, 1.165) is 0 Å². The van der Waals surface area contributed by atoms with Crippen molar-refractivity contribution in [2.75, 3.05) is 7.11 Å². The van der Waals surface area contributed by atoms with Crippen LogP contribution in [0.4, 0.5) is 0 Å². The van der Waals surface area contributed by atoms with Crippen LogP contribution in [0.25, 0.3) is 0 Å². The molecule has 5 nitrogen and oxygen atoms in total. The van der Waals surface area contributed by atoms with Gasteiger partial charge in [-0.1, -0.05) is 51.1 Å². The van der Waals surface area contributed by atoms with Crippen LogP contribution in [0.15, 0.2) is 30.3 Å². The van der Waals surface area contributed by atoms with E-state index in [2.05, 4.69) is 5.32 Å². The van der Waals surface area contributed by atoms with Gasteiger partial charge in [-0.25, -0.2) is 4.79 Å². The molecule has 0 bridgehead atoms. The van der Waals surface area contributed by atoms with Gasteiger partial charge in [0.25, 0.3) is 5.91 Å². The minimum absolute atomic E-state index is 0.457. The first-order valence-corrected chi connectivity index (χ1v) is 6.38. The molecule has 0 aromatic heterocycles. The Balaban J connectivity index is 2.90. The predicted molar refractivity (Wildman–Crippen MR) is 75.2 cm³/mol. The number of hydrogen-bond acceptors (Lipinski definition) is 3. The molecular formula is C15H21NO4. The summed E-state index contributed by atoms with van der Waals surface area (Å²) in [7, 11) is 1.42. The molecular weight excluding hydrogens is 258 g/mol. The lowest BCUT2D eigenvalue weighted by Gasteiger charge is -2.29. The van der Waals surface area contributed by atoms with Gasteiger partial charge >= 0.3 is 5.97 Å². The summed E-state index contributed by atoms with van der Waals surface area (Å²) in [6.07, 6.45) is -0.819. The topological polar surface area (TPSA) is 75.6 Å². The van der Waals surface area contributed by atoms with Crippen LogP contribution in [0.3, 0.4) is 0 Å². The zero-order valence-electron chi connectivity index (χ0n) is 12.2. The molecule has 0 aliphatic carbocycles. The molecule has 110 valence electrons. The van der Waals surface area contributed by atoms with Crippen LogP contribution in [0.2, 0.25) is 0 Å². The third-order valence-corrected chi connectivity index (χ3v) is 2.98. The lowest BCUT2D eigenvalue weighted by molar-refractivity contribution is -0.147. The molecule has 1 aromatic carbocycles. The summed E-state index contributed by atoms with van der Waals surface area (Å²) in [6, 6.07) is 7.99. The van der Waals surface area contributed by atoms with Crippen molar-refractivity contribution in [1.29, 1.82) is 0 Å². The van der Waals surface area contributed by atoms with Crippen molar-refractivity contribution >= 4 is 11.9 Å². The number of carbonyl (C=O) groups is 2. The molecule has 1 amide bonds. The Labute approximate surface area is 118 Å². The van der Waals surface area contributed by atoms with Crippen molar-refractivity contribution < 1.29 is 19.4 Å². The SMILES string of the molecule is COC(C(=O)N[C@H](C(=O)O)C(C)(C)C)c1ccccc1. The van der Waals surface area contributed by atoms with E-state index in [4.69, 9.17) is 4.74 Å². The lowest BCUT2D eigenvalue weighted by atomic mass is 9.86. The first-order valence-electron chi connectivity index (χ1n) is 6.38. The Morgan fingerprint density at radius 2 is 1.75 bits per heavy atom. The van der Waals surface area contributed by atoms with E-state index in [0.29, 0.717) is 5.56 Å². The average Bonchev–Trinajstić information content (AvgIpc) is 2.36. The summed E-state index contributed by atoms with van der Waals surface area (Å²) < 4.78 is 5.19. The number of aliphatic carboxylic acids is 1. The third kappa shape index (κ3) is 4.06. The molecule has 1 rings (SSSR count). The van der Waals surface area contributed by atoms with E-state index in [1.54, 1.807) is 45.0 Å². The van der Waals surface area contributed by atoms with Gasteiger partial charge in [-0.15, -0.1) is 0 Å². The van der Waals surface area contributed by atoms with E-state index in [1.165, 1.54) is 7.11 Å². The van der Waals surface area contributed by atoms with Gasteiger partial charge in [0.1, 0.15) is 6.04 Å². The molecule has 0 saturated carbocycles. The van der Waals surface area contributed by atoms with Crippen molar-refractivity contribution in [3.63, 3.8) is 0 Å². The normalized spacial score (nSPS) is 14.4. The summed E-state index contributed by atoms with van der Waals surface area (Å²) >= 11 is 0. The maximum absolute atomic E-state index is 12.2. The zero-order valence-corrected chi connectivity index (χ0v) is 12.2. The number of rotatable bonds is 5. The zero-order chi connectivity index (χ0) is 15.3. The van der Waals surface area contributed by atoms with Crippen molar-refractivity contribution in [2.45, 2.75) is 32.9 Å². The number of hydrogen-bond donors (Lipinski definition) is 2. The van der Waals surface area contributed by atoms with Gasteiger partial charge in [-0.3, -0.25) is 4.79 Å². The fraction of sp³-hybridized carbons (Fsp3) is 0.467. The van der Waals surface area contributed by atoms with Crippen LogP contribution in [-0.2, 0) is 14.3 Å². The Morgan fingerprint density at radius 1 is 1.20 bits per heavy atom. The largest absolute Gasteiger partial charge is 0.480 e. The van der Waals surface area contributed by atoms with Crippen LogP contribution in [0.1, 0.15) is 32.4 Å². The molecule has 0 spiro atoms. The third-order valence-electron chi connectivity index (χ3n) is 2.98. The number of benzene rings is 1. The Hall–Kier alpha value is -1.88. The smallest absolute Gasteiger partial charge is 0.326 e. The number of carboxylic acids is 1. The Morgan fingerprint density at radius 3 is 2.15 bits per heavy atom. The number of carbonyl (C=O) groups excluding carboxylic acids is 1. The van der Waals surface area contributed by atoms with Crippen LogP contribution in [0, 0.1) is 5.41 Å². The van der Waals surface area contributed by atoms with Crippen molar-refractivity contribution in [3.05, 3.63) is 35.9 Å². The predicted octanol–water partition coefficient (Wildman–Crippen LogP) is 1.99. The highest BCUT2D eigenvalue weighted by Gasteiger charge is 2.34. The molecule has 2 N–H and O–H groups in total. The van der Waals surface area contributed by atoms with Gasteiger partial charge in [0, 0.05) is 7.11 Å². The van der Waals surface area contributed by atoms with E-state index < -0.39 is 29.4 Å². The van der Waals surface area contributed by atoms with E-state index >= 15 is 0 Å². The second kappa shape index (κ2) is 6.52. The summed E-state index contributed by atoms with van der Waals surface area (Å²) in [5, 5.41) is 11.8. The van der Waals surface area contributed by atoms with Gasteiger partial charge < -0.3 is 15.2 Å². The van der Waals surface area contributed by atoms with Crippen molar-refractivity contribution in [3.8, 4) is 0 Å². The van der Waals surface area contributed by atoms with Crippen molar-refractivity contribution in [1.82, 2.24) is 5.32 Å². The Kier molecular flexibility index (Phi) is 5.27. The second-order valence-electron chi connectivity index (χ2n) is 5.67. The van der Waals surface area contributed by atoms with E-state index in [9.17, 15) is 14.7 Å². The number of ether oxygens (including phenoxy) is 1. The van der Waals surface area contributed by atoms with Crippen molar-refractivity contribution in [2.24, 2.45) is 5.41 Å². The van der Waals surface area contributed by atoms with Crippen LogP contribution in [0.5, 0.6) is 0 Å². The maximum Gasteiger partial charge on any atom is 0.326 e. The van der Waals surface area contributed by atoms with E-state index in [-0.39, 0.29) is 0 Å². The number of nitrogens with one attached hydrogen (secondary N) is 1. The molecule has 1 unspecified atom stereocenters. The molecule has 0 heterocycles. The van der Waals surface area contributed by atoms with Gasteiger partial charge in [0.15, 0.2) is 6.10 Å². The molecule has 0 radical (unpaired) electrons. The van der Waals surface area contributed by atoms with E-state index in [1.807, 2.05) is 6.07 Å². The molecule has 0 saturated heterocycles. The first kappa shape index (κ1) is 16.2. The van der Waals surface area contributed by atoms with Crippen LogP contribution in [-0.4, -0.2) is 30.1 Å². The van der Waals surface area contributed by atoms with Gasteiger partial charge in [-0.2, -0.15) is 0 Å². The summed E-state index contributed by atoms with van der Waals surface area (Å²) in [6.45, 7) is 5.28. The number of carboxylic acid groups (broad SMARTS) is 1. The molecule has 5 heteroatoms. The highest BCUT2D eigenvalue weighted by molar-refractivity contribution is 5.87. The lowest BCUT2D eigenvalue weighted by Crippen LogP contribution is -2.50. The average molecular weight is 279 g/mol. The molecule has 0 aliphatic rings. The highest BCUT2D eigenvalue weighted by Crippen LogP contribution is 2.22. The quantitative estimate of drug-likeness (QED) is 0.864. The monoisotopic (exact) mass is 279 g/mol. The second-order valence-corrected chi connectivity index (χ2v) is 5.67. The summed E-state index contributed by atoms with van der Waals surface area (Å²) in [5.41, 5.74) is 0.0989. The van der Waals surface area contributed by atoms with Gasteiger partial charge in [0.05, 0.1) is 0 Å². The van der Waals surface area contributed by atoms with Gasteiger partial charge in [-0.05, 0) is 11.0 Å². The van der Waals surface area contributed by atoms with Crippen LogP contribution < -0.4 is 5.32 Å². The molecule has 2 atom stereocenters. The molecule has 0 fully saturated rings. The molecule has 0 aliphatic heterocycles. The van der Waals surface area contributed by atoms with Gasteiger partial charge in [0.2, 0.25) is 0 Å². The fourth-order valence-electron chi connectivity index (χ4n) is 1.89. The standard InChI is InChI=1S/C15H21NO4/c1-15(2,3)12(14(18)19)16-13(17)11(20-4)10-8-6-5-7-9-10/h5-9,11-12H,1-4H3,(H,16,17)(H,18,19)/t11?,12-/m1/s1. The molecule has 20 heavy (non-hydrogen) atoms. The fourth-order valence-corrected chi connectivity index (χ4v) is 1.89. The Bertz CT molecular complexity index is 465. The highest BCUT2D eigenvalue weighted by atomic mass is 16.5. The summed E-state index contributed by atoms with van der Waals surface area (Å²) in [4.78, 5) is 23.5. The number of amides is 1.